The zero-order valence-corrected chi connectivity index (χ0v) is 15.8. The number of esters is 1. The monoisotopic (exact) mass is 403 g/mol. The molecule has 1 atom stereocenters. The summed E-state index contributed by atoms with van der Waals surface area (Å²) in [4.78, 5) is 12.4. The maximum atomic E-state index is 12.4. The Bertz CT molecular complexity index is 796. The number of halogens is 1. The number of benzene rings is 2. The van der Waals surface area contributed by atoms with Gasteiger partial charge in [-0.3, -0.25) is 0 Å². The summed E-state index contributed by atoms with van der Waals surface area (Å²) in [5.41, 5.74) is 1.50. The number of nitriles is 1. The van der Waals surface area contributed by atoms with Crippen LogP contribution < -0.4 is 14.2 Å². The van der Waals surface area contributed by atoms with Gasteiger partial charge in [-0.05, 0) is 54.9 Å². The summed E-state index contributed by atoms with van der Waals surface area (Å²) in [7, 11) is 0. The number of rotatable bonds is 6. The summed E-state index contributed by atoms with van der Waals surface area (Å²) in [6.07, 6.45) is -0.806. The first-order valence-electron chi connectivity index (χ1n) is 7.76. The first kappa shape index (κ1) is 18.8. The summed E-state index contributed by atoms with van der Waals surface area (Å²) < 4.78 is 17.0. The van der Waals surface area contributed by atoms with Gasteiger partial charge in [0.15, 0.2) is 17.6 Å². The van der Waals surface area contributed by atoms with Crippen LogP contribution in [0.25, 0.3) is 0 Å². The van der Waals surface area contributed by atoms with Gasteiger partial charge in [0, 0.05) is 6.07 Å². The maximum Gasteiger partial charge on any atom is 0.352 e. The second kappa shape index (κ2) is 8.54. The van der Waals surface area contributed by atoms with Gasteiger partial charge in [0.25, 0.3) is 0 Å². The number of ether oxygens (including phenoxy) is 3. The molecule has 0 aliphatic rings. The van der Waals surface area contributed by atoms with E-state index < -0.39 is 12.1 Å². The number of carbonyl (C=O) groups is 1. The zero-order chi connectivity index (χ0) is 18.4. The molecule has 6 heteroatoms. The van der Waals surface area contributed by atoms with Crippen molar-refractivity contribution in [3.63, 3.8) is 0 Å². The van der Waals surface area contributed by atoms with Crippen LogP contribution in [0.15, 0.2) is 40.9 Å². The van der Waals surface area contributed by atoms with E-state index in [9.17, 15) is 4.79 Å². The van der Waals surface area contributed by atoms with E-state index in [4.69, 9.17) is 19.5 Å². The molecule has 0 heterocycles. The molecule has 0 radical (unpaired) electrons. The minimum atomic E-state index is -0.806. The number of aryl methyl sites for hydroxylation is 1. The van der Waals surface area contributed by atoms with E-state index in [0.29, 0.717) is 28.1 Å². The zero-order valence-electron chi connectivity index (χ0n) is 14.2. The van der Waals surface area contributed by atoms with Gasteiger partial charge >= 0.3 is 5.97 Å². The second-order valence-corrected chi connectivity index (χ2v) is 6.18. The van der Waals surface area contributed by atoms with Crippen molar-refractivity contribution >= 4 is 21.9 Å². The van der Waals surface area contributed by atoms with E-state index in [1.165, 1.54) is 6.07 Å². The van der Waals surface area contributed by atoms with Crippen molar-refractivity contribution in [1.29, 1.82) is 5.26 Å². The molecule has 130 valence electrons. The molecule has 2 aromatic carbocycles. The summed E-state index contributed by atoms with van der Waals surface area (Å²) >= 11 is 3.31. The van der Waals surface area contributed by atoms with Gasteiger partial charge in [0.2, 0.25) is 0 Å². The van der Waals surface area contributed by atoms with Crippen LogP contribution in [0.1, 0.15) is 25.0 Å². The fourth-order valence-corrected chi connectivity index (χ4v) is 2.57. The van der Waals surface area contributed by atoms with Crippen LogP contribution in [0, 0.1) is 18.3 Å². The minimum absolute atomic E-state index is 0.227. The maximum absolute atomic E-state index is 12.4. The van der Waals surface area contributed by atoms with Gasteiger partial charge in [-0.1, -0.05) is 17.7 Å². The normalized spacial score (nSPS) is 11.3. The van der Waals surface area contributed by atoms with Crippen molar-refractivity contribution in [3.05, 3.63) is 52.0 Å². The van der Waals surface area contributed by atoms with Crippen molar-refractivity contribution in [2.45, 2.75) is 26.9 Å². The molecule has 0 amide bonds. The predicted octanol–water partition coefficient (Wildman–Crippen LogP) is 4.40. The molecule has 2 rings (SSSR count). The van der Waals surface area contributed by atoms with Gasteiger partial charge in [-0.2, -0.15) is 5.26 Å². The van der Waals surface area contributed by atoms with Crippen LogP contribution in [0.2, 0.25) is 0 Å². The first-order chi connectivity index (χ1) is 11.9. The highest BCUT2D eigenvalue weighted by atomic mass is 79.9. The molecule has 0 aliphatic carbocycles. The van der Waals surface area contributed by atoms with Crippen LogP contribution in [-0.2, 0) is 4.79 Å². The Hall–Kier alpha value is -2.52. The Labute approximate surface area is 155 Å². The Morgan fingerprint density at radius 2 is 1.96 bits per heavy atom. The van der Waals surface area contributed by atoms with Crippen molar-refractivity contribution < 1.29 is 19.0 Å². The van der Waals surface area contributed by atoms with Gasteiger partial charge < -0.3 is 14.2 Å². The number of nitrogens with zero attached hydrogens (tertiary/aromatic N) is 1. The van der Waals surface area contributed by atoms with Crippen LogP contribution >= 0.6 is 15.9 Å². The standard InChI is InChI=1S/C19H18BrNO4/c1-4-23-17-10-14(11-21)9-16(20)18(17)25-19(22)13(3)24-15-7-5-12(2)6-8-15/h5-10,13H,4H2,1-3H3. The quantitative estimate of drug-likeness (QED) is 0.527. The fourth-order valence-electron chi connectivity index (χ4n) is 2.05. The van der Waals surface area contributed by atoms with Crippen LogP contribution in [0.5, 0.6) is 17.2 Å². The third-order valence-electron chi connectivity index (χ3n) is 3.31. The van der Waals surface area contributed by atoms with E-state index >= 15 is 0 Å². The lowest BCUT2D eigenvalue weighted by Gasteiger charge is -2.17. The fraction of sp³-hybridized carbons (Fsp3) is 0.263. The summed E-state index contributed by atoms with van der Waals surface area (Å²) in [6, 6.07) is 12.5. The topological polar surface area (TPSA) is 68.5 Å². The molecular weight excluding hydrogens is 386 g/mol. The van der Waals surface area contributed by atoms with E-state index in [1.54, 1.807) is 25.1 Å². The summed E-state index contributed by atoms with van der Waals surface area (Å²) in [6.45, 7) is 5.77. The Balaban J connectivity index is 2.16. The molecule has 1 unspecified atom stereocenters. The molecule has 0 N–H and O–H groups in total. The average molecular weight is 404 g/mol. The van der Waals surface area contributed by atoms with Gasteiger partial charge in [0.1, 0.15) is 5.75 Å². The highest BCUT2D eigenvalue weighted by molar-refractivity contribution is 9.10. The van der Waals surface area contributed by atoms with Crippen molar-refractivity contribution in [1.82, 2.24) is 0 Å². The molecule has 2 aromatic rings. The third-order valence-corrected chi connectivity index (χ3v) is 3.90. The molecule has 0 aromatic heterocycles. The van der Waals surface area contributed by atoms with Crippen LogP contribution in [0.4, 0.5) is 0 Å². The number of hydrogen-bond donors (Lipinski definition) is 0. The Morgan fingerprint density at radius 1 is 1.28 bits per heavy atom. The van der Waals surface area contributed by atoms with Crippen LogP contribution in [-0.4, -0.2) is 18.7 Å². The molecule has 0 bridgehead atoms. The smallest absolute Gasteiger partial charge is 0.352 e. The third kappa shape index (κ3) is 4.97. The minimum Gasteiger partial charge on any atom is -0.490 e. The number of hydrogen-bond acceptors (Lipinski definition) is 5. The van der Waals surface area contributed by atoms with E-state index in [1.807, 2.05) is 32.0 Å². The molecule has 0 aliphatic heterocycles. The van der Waals surface area contributed by atoms with Crippen molar-refractivity contribution in [3.8, 4) is 23.3 Å². The predicted molar refractivity (Wildman–Crippen MR) is 96.9 cm³/mol. The number of carbonyl (C=O) groups excluding carboxylic acids is 1. The molecule has 0 fully saturated rings. The SMILES string of the molecule is CCOc1cc(C#N)cc(Br)c1OC(=O)C(C)Oc1ccc(C)cc1. The average Bonchev–Trinajstić information content (AvgIpc) is 2.59. The second-order valence-electron chi connectivity index (χ2n) is 5.32. The molecule has 0 saturated heterocycles. The molecular formula is C19H18BrNO4. The van der Waals surface area contributed by atoms with Crippen molar-refractivity contribution in [2.24, 2.45) is 0 Å². The first-order valence-corrected chi connectivity index (χ1v) is 8.55. The molecule has 0 spiro atoms. The van der Waals surface area contributed by atoms with E-state index in [2.05, 4.69) is 15.9 Å². The summed E-state index contributed by atoms with van der Waals surface area (Å²) in [5.74, 6) is 0.570. The Morgan fingerprint density at radius 3 is 2.56 bits per heavy atom. The van der Waals surface area contributed by atoms with Crippen molar-refractivity contribution in [2.75, 3.05) is 6.61 Å². The highest BCUT2D eigenvalue weighted by Gasteiger charge is 2.22. The summed E-state index contributed by atoms with van der Waals surface area (Å²) in [5, 5.41) is 9.05. The molecule has 0 saturated carbocycles. The molecule has 5 nitrogen and oxygen atoms in total. The lowest BCUT2D eigenvalue weighted by molar-refractivity contribution is -0.141. The Kier molecular flexibility index (Phi) is 6.43. The molecule has 25 heavy (non-hydrogen) atoms. The largest absolute Gasteiger partial charge is 0.490 e. The van der Waals surface area contributed by atoms with Gasteiger partial charge in [-0.25, -0.2) is 4.79 Å². The lowest BCUT2D eigenvalue weighted by Crippen LogP contribution is -2.28. The lowest BCUT2D eigenvalue weighted by atomic mass is 10.2. The van der Waals surface area contributed by atoms with Gasteiger partial charge in [-0.15, -0.1) is 0 Å². The van der Waals surface area contributed by atoms with E-state index in [-0.39, 0.29) is 5.75 Å². The van der Waals surface area contributed by atoms with E-state index in [0.717, 1.165) is 5.56 Å². The highest BCUT2D eigenvalue weighted by Crippen LogP contribution is 2.37. The van der Waals surface area contributed by atoms with Gasteiger partial charge in [0.05, 0.1) is 22.7 Å². The van der Waals surface area contributed by atoms with Crippen LogP contribution in [0.3, 0.4) is 0 Å².